The molecule has 21 heavy (non-hydrogen) atoms. The van der Waals surface area contributed by atoms with Gasteiger partial charge in [-0.3, -0.25) is 14.7 Å². The Morgan fingerprint density at radius 2 is 2.24 bits per heavy atom. The van der Waals surface area contributed by atoms with Gasteiger partial charge in [-0.25, -0.2) is 0 Å². The molecule has 0 spiro atoms. The third kappa shape index (κ3) is 5.16. The smallest absolute Gasteiger partial charge is 0.252 e. The minimum absolute atomic E-state index is 0.164. The molecule has 0 saturated carbocycles. The number of amides is 1. The number of carbonyl (C=O) groups excluding carboxylic acids is 1. The lowest BCUT2D eigenvalue weighted by Crippen LogP contribution is -2.41. The number of nitrogens with one attached hydrogen (secondary N) is 1. The summed E-state index contributed by atoms with van der Waals surface area (Å²) in [6.07, 6.45) is 3.07. The summed E-state index contributed by atoms with van der Waals surface area (Å²) in [6.45, 7) is 4.51. The predicted molar refractivity (Wildman–Crippen MR) is 77.8 cm³/mol. The molecule has 1 aliphatic heterocycles. The molecule has 2 rings (SSSR count). The molecular formula is C15H19N3O3. The summed E-state index contributed by atoms with van der Waals surface area (Å²) in [5.41, 5.74) is 1.09. The van der Waals surface area contributed by atoms with E-state index in [0.29, 0.717) is 17.7 Å². The average Bonchev–Trinajstić information content (AvgIpc) is 2.54. The van der Waals surface area contributed by atoms with Gasteiger partial charge < -0.3 is 15.2 Å². The Kier molecular flexibility index (Phi) is 6.16. The van der Waals surface area contributed by atoms with Crippen LogP contribution in [0.3, 0.4) is 0 Å². The Labute approximate surface area is 124 Å². The second-order valence-electron chi connectivity index (χ2n) is 4.63. The summed E-state index contributed by atoms with van der Waals surface area (Å²) in [5, 5.41) is 11.5. The maximum Gasteiger partial charge on any atom is 0.252 e. The maximum absolute atomic E-state index is 12.0. The first kappa shape index (κ1) is 15.4. The second-order valence-corrected chi connectivity index (χ2v) is 4.63. The highest BCUT2D eigenvalue weighted by molar-refractivity contribution is 5.94. The van der Waals surface area contributed by atoms with E-state index in [1.807, 2.05) is 0 Å². The van der Waals surface area contributed by atoms with Crippen molar-refractivity contribution in [2.45, 2.75) is 0 Å². The van der Waals surface area contributed by atoms with E-state index in [2.05, 4.69) is 27.0 Å². The zero-order valence-corrected chi connectivity index (χ0v) is 11.8. The van der Waals surface area contributed by atoms with Gasteiger partial charge in [-0.05, 0) is 6.07 Å². The van der Waals surface area contributed by atoms with Crippen LogP contribution in [0.1, 0.15) is 15.9 Å². The van der Waals surface area contributed by atoms with E-state index in [4.69, 9.17) is 9.84 Å². The Hall–Kier alpha value is -1.94. The van der Waals surface area contributed by atoms with E-state index < -0.39 is 0 Å². The molecule has 0 aromatic carbocycles. The predicted octanol–water partition coefficient (Wildman–Crippen LogP) is -0.513. The van der Waals surface area contributed by atoms with Gasteiger partial charge in [-0.1, -0.05) is 11.8 Å². The fourth-order valence-electron chi connectivity index (χ4n) is 2.03. The van der Waals surface area contributed by atoms with Crippen LogP contribution in [0.5, 0.6) is 0 Å². The standard InChI is InChI=1S/C15H19N3O3/c19-7-1-2-13-10-14(12-16-11-13)15(20)17-3-4-18-5-8-21-9-6-18/h10-12,19H,3-9H2,(H,17,20). The molecule has 2 heterocycles. The van der Waals surface area contributed by atoms with Gasteiger partial charge >= 0.3 is 0 Å². The van der Waals surface area contributed by atoms with Gasteiger partial charge in [0, 0.05) is 44.1 Å². The van der Waals surface area contributed by atoms with Crippen molar-refractivity contribution < 1.29 is 14.6 Å². The first-order chi connectivity index (χ1) is 10.3. The summed E-state index contributed by atoms with van der Waals surface area (Å²) in [4.78, 5) is 18.3. The second kappa shape index (κ2) is 8.37. The van der Waals surface area contributed by atoms with Gasteiger partial charge in [0.25, 0.3) is 5.91 Å². The third-order valence-electron chi connectivity index (χ3n) is 3.13. The van der Waals surface area contributed by atoms with Crippen molar-refractivity contribution in [2.75, 3.05) is 46.0 Å². The van der Waals surface area contributed by atoms with Gasteiger partial charge in [-0.15, -0.1) is 0 Å². The molecule has 1 aromatic rings. The van der Waals surface area contributed by atoms with Crippen LogP contribution in [-0.4, -0.2) is 66.9 Å². The molecule has 1 fully saturated rings. The van der Waals surface area contributed by atoms with Crippen molar-refractivity contribution >= 4 is 5.91 Å². The molecule has 6 heteroatoms. The number of carbonyl (C=O) groups is 1. The molecule has 0 unspecified atom stereocenters. The molecule has 1 aliphatic rings. The van der Waals surface area contributed by atoms with Crippen molar-refractivity contribution in [3.63, 3.8) is 0 Å². The molecule has 0 aliphatic carbocycles. The number of nitrogens with zero attached hydrogens (tertiary/aromatic N) is 2. The maximum atomic E-state index is 12.0. The highest BCUT2D eigenvalue weighted by atomic mass is 16.5. The molecule has 6 nitrogen and oxygen atoms in total. The number of aliphatic hydroxyl groups is 1. The Balaban J connectivity index is 1.82. The number of aromatic nitrogens is 1. The molecule has 1 aromatic heterocycles. The van der Waals surface area contributed by atoms with Crippen LogP contribution in [0.4, 0.5) is 0 Å². The molecular weight excluding hydrogens is 270 g/mol. The quantitative estimate of drug-likeness (QED) is 0.730. The lowest BCUT2D eigenvalue weighted by Gasteiger charge is -2.26. The van der Waals surface area contributed by atoms with E-state index in [-0.39, 0.29) is 12.5 Å². The monoisotopic (exact) mass is 289 g/mol. The highest BCUT2D eigenvalue weighted by Gasteiger charge is 2.11. The Morgan fingerprint density at radius 1 is 1.43 bits per heavy atom. The molecule has 2 N–H and O–H groups in total. The molecule has 0 radical (unpaired) electrons. The van der Waals surface area contributed by atoms with Crippen molar-refractivity contribution in [1.82, 2.24) is 15.2 Å². The van der Waals surface area contributed by atoms with E-state index >= 15 is 0 Å². The van der Waals surface area contributed by atoms with Gasteiger partial charge in [-0.2, -0.15) is 0 Å². The number of morpholine rings is 1. The van der Waals surface area contributed by atoms with Crippen LogP contribution in [0.25, 0.3) is 0 Å². The summed E-state index contributed by atoms with van der Waals surface area (Å²) in [5.74, 6) is 5.10. The fourth-order valence-corrected chi connectivity index (χ4v) is 2.03. The molecule has 112 valence electrons. The molecule has 1 amide bonds. The molecule has 0 atom stereocenters. The summed E-state index contributed by atoms with van der Waals surface area (Å²) >= 11 is 0. The number of hydrogen-bond donors (Lipinski definition) is 2. The van der Waals surface area contributed by atoms with Crippen molar-refractivity contribution in [3.8, 4) is 11.8 Å². The lowest BCUT2D eigenvalue weighted by molar-refractivity contribution is 0.0383. The Morgan fingerprint density at radius 3 is 3.00 bits per heavy atom. The van der Waals surface area contributed by atoms with Crippen LogP contribution in [-0.2, 0) is 4.74 Å². The summed E-state index contributed by atoms with van der Waals surface area (Å²) < 4.78 is 5.27. The van der Waals surface area contributed by atoms with Crippen LogP contribution in [0, 0.1) is 11.8 Å². The zero-order chi connectivity index (χ0) is 14.9. The number of aliphatic hydroxyl groups excluding tert-OH is 1. The highest BCUT2D eigenvalue weighted by Crippen LogP contribution is 2.01. The van der Waals surface area contributed by atoms with Crippen LogP contribution in [0.15, 0.2) is 18.5 Å². The molecule has 0 bridgehead atoms. The van der Waals surface area contributed by atoms with Crippen LogP contribution in [0.2, 0.25) is 0 Å². The van der Waals surface area contributed by atoms with Crippen LogP contribution < -0.4 is 5.32 Å². The largest absolute Gasteiger partial charge is 0.384 e. The summed E-state index contributed by atoms with van der Waals surface area (Å²) in [7, 11) is 0. The topological polar surface area (TPSA) is 74.7 Å². The van der Waals surface area contributed by atoms with Crippen molar-refractivity contribution in [1.29, 1.82) is 0 Å². The average molecular weight is 289 g/mol. The van der Waals surface area contributed by atoms with Gasteiger partial charge in [0.2, 0.25) is 0 Å². The van der Waals surface area contributed by atoms with Crippen molar-refractivity contribution in [2.24, 2.45) is 0 Å². The van der Waals surface area contributed by atoms with E-state index in [1.54, 1.807) is 12.3 Å². The van der Waals surface area contributed by atoms with Gasteiger partial charge in [0.05, 0.1) is 18.8 Å². The number of rotatable bonds is 4. The number of pyridine rings is 1. The minimum Gasteiger partial charge on any atom is -0.384 e. The van der Waals surface area contributed by atoms with E-state index in [1.165, 1.54) is 6.20 Å². The van der Waals surface area contributed by atoms with Gasteiger partial charge in [0.1, 0.15) is 6.61 Å². The van der Waals surface area contributed by atoms with Gasteiger partial charge in [0.15, 0.2) is 0 Å². The zero-order valence-electron chi connectivity index (χ0n) is 11.8. The van der Waals surface area contributed by atoms with Crippen molar-refractivity contribution in [3.05, 3.63) is 29.6 Å². The number of hydrogen-bond acceptors (Lipinski definition) is 5. The Bertz CT molecular complexity index is 530. The SMILES string of the molecule is O=C(NCCN1CCOCC1)c1cncc(C#CCO)c1. The normalized spacial score (nSPS) is 15.1. The summed E-state index contributed by atoms with van der Waals surface area (Å²) in [6, 6.07) is 1.67. The number of ether oxygens (including phenoxy) is 1. The lowest BCUT2D eigenvalue weighted by atomic mass is 10.2. The van der Waals surface area contributed by atoms with Crippen LogP contribution >= 0.6 is 0 Å². The first-order valence-electron chi connectivity index (χ1n) is 6.92. The minimum atomic E-state index is -0.212. The molecule has 1 saturated heterocycles. The first-order valence-corrected chi connectivity index (χ1v) is 6.92. The third-order valence-corrected chi connectivity index (χ3v) is 3.13. The van der Waals surface area contributed by atoms with E-state index in [9.17, 15) is 4.79 Å². The fraction of sp³-hybridized carbons (Fsp3) is 0.467. The van der Waals surface area contributed by atoms with E-state index in [0.717, 1.165) is 32.8 Å².